The minimum absolute atomic E-state index is 0.177. The van der Waals surface area contributed by atoms with Gasteiger partial charge in [-0.05, 0) is 34.2 Å². The van der Waals surface area contributed by atoms with Gasteiger partial charge in [-0.2, -0.15) is 0 Å². The van der Waals surface area contributed by atoms with Gasteiger partial charge >= 0.3 is 0 Å². The van der Waals surface area contributed by atoms with Gasteiger partial charge in [0.05, 0.1) is 7.11 Å². The highest BCUT2D eigenvalue weighted by Gasteiger charge is 2.13. The molecule has 0 saturated heterocycles. The Kier molecular flexibility index (Phi) is 3.93. The zero-order valence-electron chi connectivity index (χ0n) is 12.5. The summed E-state index contributed by atoms with van der Waals surface area (Å²) in [6, 6.07) is 16.5. The average Bonchev–Trinajstić information content (AvgIpc) is 2.46. The largest absolute Gasteiger partial charge is 0.481 e. The predicted octanol–water partition coefficient (Wildman–Crippen LogP) is 4.62. The highest BCUT2D eigenvalue weighted by molar-refractivity contribution is 5.92. The molecular formula is C18H21NO. The van der Waals surface area contributed by atoms with Crippen molar-refractivity contribution in [2.75, 3.05) is 7.11 Å². The van der Waals surface area contributed by atoms with E-state index in [4.69, 9.17) is 10.1 Å². The molecule has 0 unspecified atom stereocenters. The fourth-order valence-corrected chi connectivity index (χ4v) is 2.09. The van der Waals surface area contributed by atoms with Crippen LogP contribution in [0.4, 0.5) is 0 Å². The standard InChI is InChI=1S/C18H21NO/c1-18(2,3)16-11-9-14(10-12-16)13-5-7-15(8-6-13)17(19)20-4/h5-12,19H,1-4H3. The van der Waals surface area contributed by atoms with Gasteiger partial charge in [0.15, 0.2) is 0 Å². The molecule has 2 aromatic rings. The first kappa shape index (κ1) is 14.3. The number of nitrogens with one attached hydrogen (secondary N) is 1. The Balaban J connectivity index is 2.26. The quantitative estimate of drug-likeness (QED) is 0.625. The van der Waals surface area contributed by atoms with E-state index in [1.165, 1.54) is 18.2 Å². The maximum absolute atomic E-state index is 7.63. The maximum atomic E-state index is 7.63. The van der Waals surface area contributed by atoms with Gasteiger partial charge < -0.3 is 4.74 Å². The first-order chi connectivity index (χ1) is 9.41. The van der Waals surface area contributed by atoms with Crippen molar-refractivity contribution in [3.63, 3.8) is 0 Å². The number of methoxy groups -OCH3 is 1. The van der Waals surface area contributed by atoms with Gasteiger partial charge in [-0.3, -0.25) is 5.41 Å². The zero-order chi connectivity index (χ0) is 14.8. The van der Waals surface area contributed by atoms with E-state index in [1.807, 2.05) is 24.3 Å². The molecular weight excluding hydrogens is 246 g/mol. The summed E-state index contributed by atoms with van der Waals surface area (Å²) in [4.78, 5) is 0. The summed E-state index contributed by atoms with van der Waals surface area (Å²) in [6.07, 6.45) is 0. The summed E-state index contributed by atoms with van der Waals surface area (Å²) in [5, 5.41) is 7.63. The third kappa shape index (κ3) is 3.08. The molecule has 0 aliphatic heterocycles. The molecule has 0 aliphatic rings. The average molecular weight is 267 g/mol. The SMILES string of the molecule is COC(=N)c1ccc(-c2ccc(C(C)(C)C)cc2)cc1. The second kappa shape index (κ2) is 5.49. The summed E-state index contributed by atoms with van der Waals surface area (Å²) in [5.74, 6) is 0.194. The van der Waals surface area contributed by atoms with Gasteiger partial charge in [-0.1, -0.05) is 57.2 Å². The van der Waals surface area contributed by atoms with Crippen LogP contribution in [0.2, 0.25) is 0 Å². The smallest absolute Gasteiger partial charge is 0.212 e. The Labute approximate surface area is 120 Å². The summed E-state index contributed by atoms with van der Waals surface area (Å²) in [5.41, 5.74) is 4.64. The van der Waals surface area contributed by atoms with E-state index in [1.54, 1.807) is 0 Å². The summed E-state index contributed by atoms with van der Waals surface area (Å²) < 4.78 is 4.92. The number of ether oxygens (including phenoxy) is 1. The summed E-state index contributed by atoms with van der Waals surface area (Å²) in [6.45, 7) is 6.65. The Morgan fingerprint density at radius 1 is 0.850 bits per heavy atom. The number of rotatable bonds is 2. The highest BCUT2D eigenvalue weighted by Crippen LogP contribution is 2.26. The molecule has 0 amide bonds. The molecule has 0 bridgehead atoms. The number of hydrogen-bond acceptors (Lipinski definition) is 2. The Bertz CT molecular complexity index is 589. The van der Waals surface area contributed by atoms with Gasteiger partial charge in [0.2, 0.25) is 5.90 Å². The van der Waals surface area contributed by atoms with Crippen molar-refractivity contribution in [1.29, 1.82) is 5.41 Å². The van der Waals surface area contributed by atoms with Crippen molar-refractivity contribution in [3.8, 4) is 11.1 Å². The molecule has 1 N–H and O–H groups in total. The first-order valence-corrected chi connectivity index (χ1v) is 6.76. The Hall–Kier alpha value is -2.09. The van der Waals surface area contributed by atoms with Crippen molar-refractivity contribution >= 4 is 5.90 Å². The lowest BCUT2D eigenvalue weighted by molar-refractivity contribution is 0.401. The molecule has 0 radical (unpaired) electrons. The topological polar surface area (TPSA) is 33.1 Å². The molecule has 0 heterocycles. The Morgan fingerprint density at radius 3 is 1.70 bits per heavy atom. The fraction of sp³-hybridized carbons (Fsp3) is 0.278. The van der Waals surface area contributed by atoms with E-state index in [9.17, 15) is 0 Å². The van der Waals surface area contributed by atoms with Crippen molar-refractivity contribution in [2.45, 2.75) is 26.2 Å². The fourth-order valence-electron chi connectivity index (χ4n) is 2.09. The molecule has 0 aliphatic carbocycles. The molecule has 0 spiro atoms. The molecule has 0 atom stereocenters. The first-order valence-electron chi connectivity index (χ1n) is 6.76. The van der Waals surface area contributed by atoms with Crippen LogP contribution in [-0.2, 0) is 10.2 Å². The van der Waals surface area contributed by atoms with E-state index in [0.717, 1.165) is 11.1 Å². The minimum Gasteiger partial charge on any atom is -0.481 e. The van der Waals surface area contributed by atoms with E-state index in [0.29, 0.717) is 0 Å². The third-order valence-corrected chi connectivity index (χ3v) is 3.44. The van der Waals surface area contributed by atoms with Crippen LogP contribution >= 0.6 is 0 Å². The maximum Gasteiger partial charge on any atom is 0.212 e. The second-order valence-electron chi connectivity index (χ2n) is 5.94. The van der Waals surface area contributed by atoms with E-state index in [2.05, 4.69) is 45.0 Å². The van der Waals surface area contributed by atoms with E-state index < -0.39 is 0 Å². The lowest BCUT2D eigenvalue weighted by atomic mass is 9.86. The van der Waals surface area contributed by atoms with Crippen LogP contribution < -0.4 is 0 Å². The molecule has 2 aromatic carbocycles. The monoisotopic (exact) mass is 267 g/mol. The number of hydrogen-bond donors (Lipinski definition) is 1. The van der Waals surface area contributed by atoms with Crippen molar-refractivity contribution in [1.82, 2.24) is 0 Å². The van der Waals surface area contributed by atoms with Crippen molar-refractivity contribution < 1.29 is 4.74 Å². The lowest BCUT2D eigenvalue weighted by Crippen LogP contribution is -2.10. The zero-order valence-corrected chi connectivity index (χ0v) is 12.5. The van der Waals surface area contributed by atoms with Crippen LogP contribution in [0.3, 0.4) is 0 Å². The summed E-state index contributed by atoms with van der Waals surface area (Å²) >= 11 is 0. The van der Waals surface area contributed by atoms with Crippen LogP contribution in [0.25, 0.3) is 11.1 Å². The molecule has 2 rings (SSSR count). The molecule has 2 nitrogen and oxygen atoms in total. The van der Waals surface area contributed by atoms with Crippen LogP contribution in [0.1, 0.15) is 31.9 Å². The molecule has 0 fully saturated rings. The van der Waals surface area contributed by atoms with Crippen molar-refractivity contribution in [3.05, 3.63) is 59.7 Å². The van der Waals surface area contributed by atoms with Gasteiger partial charge in [-0.25, -0.2) is 0 Å². The summed E-state index contributed by atoms with van der Waals surface area (Å²) in [7, 11) is 1.52. The van der Waals surface area contributed by atoms with E-state index in [-0.39, 0.29) is 11.3 Å². The molecule has 0 aromatic heterocycles. The van der Waals surface area contributed by atoms with Gasteiger partial charge in [0.25, 0.3) is 0 Å². The van der Waals surface area contributed by atoms with Crippen LogP contribution in [0, 0.1) is 5.41 Å². The normalized spacial score (nSPS) is 11.2. The minimum atomic E-state index is 0.177. The Morgan fingerprint density at radius 2 is 1.30 bits per heavy atom. The van der Waals surface area contributed by atoms with Crippen molar-refractivity contribution in [2.24, 2.45) is 0 Å². The molecule has 104 valence electrons. The molecule has 20 heavy (non-hydrogen) atoms. The number of benzene rings is 2. The van der Waals surface area contributed by atoms with E-state index >= 15 is 0 Å². The third-order valence-electron chi connectivity index (χ3n) is 3.44. The molecule has 0 saturated carbocycles. The van der Waals surface area contributed by atoms with Crippen LogP contribution in [0.5, 0.6) is 0 Å². The lowest BCUT2D eigenvalue weighted by Gasteiger charge is -2.19. The predicted molar refractivity (Wildman–Crippen MR) is 84.4 cm³/mol. The van der Waals surface area contributed by atoms with Gasteiger partial charge in [0.1, 0.15) is 0 Å². The van der Waals surface area contributed by atoms with Gasteiger partial charge in [0, 0.05) is 5.56 Å². The second-order valence-corrected chi connectivity index (χ2v) is 5.94. The highest BCUT2D eigenvalue weighted by atomic mass is 16.5. The van der Waals surface area contributed by atoms with Gasteiger partial charge in [-0.15, -0.1) is 0 Å². The van der Waals surface area contributed by atoms with Crippen LogP contribution in [0.15, 0.2) is 48.5 Å². The van der Waals surface area contributed by atoms with Crippen LogP contribution in [-0.4, -0.2) is 13.0 Å². The molecule has 2 heteroatoms.